The van der Waals surface area contributed by atoms with E-state index in [1.54, 1.807) is 0 Å². The average molecular weight is 379 g/mol. The molecule has 0 saturated carbocycles. The summed E-state index contributed by atoms with van der Waals surface area (Å²) in [6.07, 6.45) is 5.40. The molecule has 1 fully saturated rings. The van der Waals surface area contributed by atoms with Gasteiger partial charge in [-0.05, 0) is 61.4 Å². The first kappa shape index (κ1) is 18.9. The van der Waals surface area contributed by atoms with Gasteiger partial charge in [-0.1, -0.05) is 24.3 Å². The molecule has 4 rings (SSSR count). The molecule has 1 aromatic heterocycles. The molecule has 1 atom stereocenters. The van der Waals surface area contributed by atoms with Gasteiger partial charge in [0.2, 0.25) is 0 Å². The number of piperazine rings is 1. The third-order valence-electron chi connectivity index (χ3n) is 6.22. The molecule has 0 radical (unpaired) electrons. The zero-order valence-electron chi connectivity index (χ0n) is 16.9. The predicted molar refractivity (Wildman–Crippen MR) is 111 cm³/mol. The summed E-state index contributed by atoms with van der Waals surface area (Å²) in [6, 6.07) is 11.5. The topological polar surface area (TPSA) is 48.5 Å². The molecule has 148 valence electrons. The normalized spacial score (nSPS) is 19.9. The summed E-state index contributed by atoms with van der Waals surface area (Å²) in [6.45, 7) is 8.12. The number of hydrogen-bond acceptors (Lipinski definition) is 3. The SMILES string of the molecule is Cc1cc(C)c(CNC(=O)N2CCN([C@H]3CCc4ccccc4C3)CC2)cn1. The average Bonchev–Trinajstić information content (AvgIpc) is 2.72. The summed E-state index contributed by atoms with van der Waals surface area (Å²) < 4.78 is 0. The van der Waals surface area contributed by atoms with Crippen LogP contribution in [0.15, 0.2) is 36.5 Å². The number of nitrogens with zero attached hydrogens (tertiary/aromatic N) is 3. The van der Waals surface area contributed by atoms with E-state index >= 15 is 0 Å². The Hall–Kier alpha value is -2.40. The highest BCUT2D eigenvalue weighted by Crippen LogP contribution is 2.25. The number of nitrogens with one attached hydrogen (secondary N) is 1. The standard InChI is InChI=1S/C23H30N4O/c1-17-13-18(2)24-15-21(17)16-25-23(28)27-11-9-26(10-12-27)22-8-7-19-5-3-4-6-20(19)14-22/h3-6,13,15,22H,7-12,14,16H2,1-2H3,(H,25,28)/t22-/m0/s1. The first-order valence-corrected chi connectivity index (χ1v) is 10.4. The monoisotopic (exact) mass is 378 g/mol. The van der Waals surface area contributed by atoms with Crippen molar-refractivity contribution in [1.82, 2.24) is 20.1 Å². The summed E-state index contributed by atoms with van der Waals surface area (Å²) in [7, 11) is 0. The second kappa shape index (κ2) is 8.31. The summed E-state index contributed by atoms with van der Waals surface area (Å²) in [5, 5.41) is 3.06. The van der Waals surface area contributed by atoms with Crippen LogP contribution in [0.5, 0.6) is 0 Å². The Morgan fingerprint density at radius 3 is 2.64 bits per heavy atom. The van der Waals surface area contributed by atoms with Gasteiger partial charge in [0.05, 0.1) is 0 Å². The number of pyridine rings is 1. The van der Waals surface area contributed by atoms with Gasteiger partial charge in [-0.3, -0.25) is 9.88 Å². The lowest BCUT2D eigenvalue weighted by molar-refractivity contribution is 0.101. The van der Waals surface area contributed by atoms with Crippen molar-refractivity contribution in [2.24, 2.45) is 0 Å². The van der Waals surface area contributed by atoms with Crippen LogP contribution in [-0.2, 0) is 19.4 Å². The molecule has 1 aromatic carbocycles. The van der Waals surface area contributed by atoms with Crippen LogP contribution in [0.2, 0.25) is 0 Å². The lowest BCUT2D eigenvalue weighted by Crippen LogP contribution is -2.55. The molecule has 28 heavy (non-hydrogen) atoms. The quantitative estimate of drug-likeness (QED) is 0.893. The molecule has 0 bridgehead atoms. The number of carbonyl (C=O) groups excluding carboxylic acids is 1. The Kier molecular flexibility index (Phi) is 5.62. The predicted octanol–water partition coefficient (Wildman–Crippen LogP) is 3.08. The van der Waals surface area contributed by atoms with E-state index in [9.17, 15) is 4.79 Å². The van der Waals surface area contributed by atoms with Crippen LogP contribution in [0, 0.1) is 13.8 Å². The highest BCUT2D eigenvalue weighted by molar-refractivity contribution is 5.74. The summed E-state index contributed by atoms with van der Waals surface area (Å²) in [5.74, 6) is 0. The Labute approximate surface area is 167 Å². The van der Waals surface area contributed by atoms with E-state index in [0.29, 0.717) is 12.6 Å². The molecule has 5 heteroatoms. The van der Waals surface area contributed by atoms with Crippen LogP contribution in [0.3, 0.4) is 0 Å². The zero-order chi connectivity index (χ0) is 19.5. The van der Waals surface area contributed by atoms with E-state index < -0.39 is 0 Å². The number of rotatable bonds is 3. The molecule has 1 aliphatic carbocycles. The zero-order valence-corrected chi connectivity index (χ0v) is 16.9. The number of hydrogen-bond donors (Lipinski definition) is 1. The Balaban J connectivity index is 1.26. The van der Waals surface area contributed by atoms with Crippen molar-refractivity contribution in [3.8, 4) is 0 Å². The number of amides is 2. The second-order valence-electron chi connectivity index (χ2n) is 8.10. The van der Waals surface area contributed by atoms with Gasteiger partial charge in [-0.15, -0.1) is 0 Å². The van der Waals surface area contributed by atoms with Gasteiger partial charge in [-0.2, -0.15) is 0 Å². The van der Waals surface area contributed by atoms with Gasteiger partial charge in [0.25, 0.3) is 0 Å². The van der Waals surface area contributed by atoms with E-state index in [1.807, 2.05) is 18.0 Å². The molecule has 2 aromatic rings. The fourth-order valence-electron chi connectivity index (χ4n) is 4.47. The first-order chi connectivity index (χ1) is 13.6. The summed E-state index contributed by atoms with van der Waals surface area (Å²) in [4.78, 5) is 21.4. The van der Waals surface area contributed by atoms with Gasteiger partial charge in [-0.25, -0.2) is 4.79 Å². The van der Waals surface area contributed by atoms with Crippen LogP contribution < -0.4 is 5.32 Å². The second-order valence-corrected chi connectivity index (χ2v) is 8.10. The van der Waals surface area contributed by atoms with Gasteiger partial charge in [0, 0.05) is 50.7 Å². The number of aryl methyl sites for hydroxylation is 3. The maximum absolute atomic E-state index is 12.6. The van der Waals surface area contributed by atoms with E-state index in [-0.39, 0.29) is 6.03 Å². The number of fused-ring (bicyclic) bond motifs is 1. The van der Waals surface area contributed by atoms with Gasteiger partial charge in [0.1, 0.15) is 0 Å². The summed E-state index contributed by atoms with van der Waals surface area (Å²) in [5.41, 5.74) is 6.28. The first-order valence-electron chi connectivity index (χ1n) is 10.4. The lowest BCUT2D eigenvalue weighted by Gasteiger charge is -2.41. The van der Waals surface area contributed by atoms with Crippen molar-refractivity contribution in [3.05, 3.63) is 64.5 Å². The lowest BCUT2D eigenvalue weighted by atomic mass is 9.87. The fourth-order valence-corrected chi connectivity index (χ4v) is 4.47. The minimum atomic E-state index is 0.0358. The minimum Gasteiger partial charge on any atom is -0.334 e. The number of urea groups is 1. The molecule has 1 aliphatic heterocycles. The van der Waals surface area contributed by atoms with Crippen LogP contribution in [0.4, 0.5) is 4.79 Å². The number of benzene rings is 1. The maximum atomic E-state index is 12.6. The van der Waals surface area contributed by atoms with E-state index in [4.69, 9.17) is 0 Å². The smallest absolute Gasteiger partial charge is 0.317 e. The van der Waals surface area contributed by atoms with Crippen LogP contribution in [0.1, 0.15) is 34.4 Å². The number of carbonyl (C=O) groups is 1. The van der Waals surface area contributed by atoms with Crippen molar-refractivity contribution in [2.45, 2.75) is 45.7 Å². The molecule has 5 nitrogen and oxygen atoms in total. The molecule has 0 spiro atoms. The Bertz CT molecular complexity index is 842. The van der Waals surface area contributed by atoms with Crippen molar-refractivity contribution in [2.75, 3.05) is 26.2 Å². The molecule has 2 aliphatic rings. The third kappa shape index (κ3) is 4.20. The molecular weight excluding hydrogens is 348 g/mol. The van der Waals surface area contributed by atoms with Crippen LogP contribution in [0.25, 0.3) is 0 Å². The van der Waals surface area contributed by atoms with E-state index in [1.165, 1.54) is 29.5 Å². The molecule has 1 saturated heterocycles. The van der Waals surface area contributed by atoms with Gasteiger partial charge >= 0.3 is 6.03 Å². The largest absolute Gasteiger partial charge is 0.334 e. The van der Waals surface area contributed by atoms with Crippen molar-refractivity contribution in [1.29, 1.82) is 0 Å². The Morgan fingerprint density at radius 2 is 1.89 bits per heavy atom. The number of aromatic nitrogens is 1. The molecular formula is C23H30N4O. The highest BCUT2D eigenvalue weighted by Gasteiger charge is 2.28. The highest BCUT2D eigenvalue weighted by atomic mass is 16.2. The molecule has 2 heterocycles. The van der Waals surface area contributed by atoms with Crippen LogP contribution in [-0.4, -0.2) is 53.0 Å². The Morgan fingerprint density at radius 1 is 1.14 bits per heavy atom. The van der Waals surface area contributed by atoms with Crippen molar-refractivity contribution in [3.63, 3.8) is 0 Å². The molecule has 0 unspecified atom stereocenters. The summed E-state index contributed by atoms with van der Waals surface area (Å²) >= 11 is 0. The molecule has 1 N–H and O–H groups in total. The van der Waals surface area contributed by atoms with Gasteiger partial charge < -0.3 is 10.2 Å². The van der Waals surface area contributed by atoms with E-state index in [0.717, 1.165) is 43.9 Å². The third-order valence-corrected chi connectivity index (χ3v) is 6.22. The van der Waals surface area contributed by atoms with Crippen LogP contribution >= 0.6 is 0 Å². The van der Waals surface area contributed by atoms with Crippen molar-refractivity contribution < 1.29 is 4.79 Å². The fraction of sp³-hybridized carbons (Fsp3) is 0.478. The van der Waals surface area contributed by atoms with Crippen molar-refractivity contribution >= 4 is 6.03 Å². The minimum absolute atomic E-state index is 0.0358. The molecule has 2 amide bonds. The maximum Gasteiger partial charge on any atom is 0.317 e. The van der Waals surface area contributed by atoms with Gasteiger partial charge in [0.15, 0.2) is 0 Å². The van der Waals surface area contributed by atoms with E-state index in [2.05, 4.69) is 52.5 Å².